The van der Waals surface area contributed by atoms with Crippen LogP contribution in [-0.2, 0) is 0 Å². The summed E-state index contributed by atoms with van der Waals surface area (Å²) < 4.78 is 1.25. The Kier molecular flexibility index (Phi) is 2.49. The first-order valence-corrected chi connectivity index (χ1v) is 5.50. The van der Waals surface area contributed by atoms with Crippen LogP contribution in [0, 0.1) is 0 Å². The summed E-state index contributed by atoms with van der Waals surface area (Å²) in [7, 11) is 0. The van der Waals surface area contributed by atoms with E-state index in [1.54, 1.807) is 24.5 Å². The van der Waals surface area contributed by atoms with Gasteiger partial charge in [-0.1, -0.05) is 30.3 Å². The fraction of sp³-hybridized carbons (Fsp3) is 0. The molecule has 5 nitrogen and oxygen atoms in total. The highest BCUT2D eigenvalue weighted by Gasteiger charge is 2.04. The second-order valence-corrected chi connectivity index (χ2v) is 3.77. The van der Waals surface area contributed by atoms with Gasteiger partial charge in [0.15, 0.2) is 5.65 Å². The lowest BCUT2D eigenvalue weighted by molar-refractivity contribution is 0.852. The van der Waals surface area contributed by atoms with Crippen LogP contribution in [-0.4, -0.2) is 20.9 Å². The van der Waals surface area contributed by atoms with Crippen molar-refractivity contribution in [3.8, 4) is 0 Å². The number of nitrogens with zero attached hydrogens (tertiary/aromatic N) is 3. The van der Waals surface area contributed by atoms with Crippen LogP contribution in [0.5, 0.6) is 0 Å². The number of imidazole rings is 1. The van der Waals surface area contributed by atoms with Crippen molar-refractivity contribution < 1.29 is 0 Å². The zero-order valence-corrected chi connectivity index (χ0v) is 9.45. The van der Waals surface area contributed by atoms with Crippen molar-refractivity contribution in [2.24, 2.45) is 5.10 Å². The summed E-state index contributed by atoms with van der Waals surface area (Å²) in [5.74, 6) is 0. The molecule has 2 heterocycles. The summed E-state index contributed by atoms with van der Waals surface area (Å²) in [6.07, 6.45) is 3.26. The van der Waals surface area contributed by atoms with Gasteiger partial charge in [-0.15, -0.1) is 0 Å². The van der Waals surface area contributed by atoms with Gasteiger partial charge in [-0.05, 0) is 17.7 Å². The Morgan fingerprint density at radius 2 is 2.00 bits per heavy atom. The van der Waals surface area contributed by atoms with E-state index in [0.29, 0.717) is 11.2 Å². The van der Waals surface area contributed by atoms with E-state index in [4.69, 9.17) is 0 Å². The van der Waals surface area contributed by atoms with E-state index in [2.05, 4.69) is 15.1 Å². The molecule has 0 saturated heterocycles. The van der Waals surface area contributed by atoms with Gasteiger partial charge in [0, 0.05) is 6.20 Å². The molecule has 2 aromatic heterocycles. The van der Waals surface area contributed by atoms with E-state index in [-0.39, 0.29) is 5.69 Å². The molecule has 0 aliphatic carbocycles. The molecular formula is C13H10N4O. The molecular weight excluding hydrogens is 228 g/mol. The van der Waals surface area contributed by atoms with Gasteiger partial charge >= 0.3 is 5.69 Å². The number of aromatic nitrogens is 3. The van der Waals surface area contributed by atoms with Gasteiger partial charge in [-0.3, -0.25) is 0 Å². The number of nitrogens with one attached hydrogen (secondary N) is 1. The molecule has 18 heavy (non-hydrogen) atoms. The van der Waals surface area contributed by atoms with Crippen molar-refractivity contribution in [2.75, 3.05) is 0 Å². The molecule has 0 radical (unpaired) electrons. The Bertz CT molecular complexity index is 755. The topological polar surface area (TPSA) is 63.0 Å². The molecule has 3 aromatic rings. The number of benzene rings is 1. The van der Waals surface area contributed by atoms with Crippen molar-refractivity contribution in [3.05, 3.63) is 64.7 Å². The van der Waals surface area contributed by atoms with Crippen LogP contribution in [0.4, 0.5) is 0 Å². The molecule has 0 atom stereocenters. The maximum absolute atomic E-state index is 11.7. The Morgan fingerprint density at radius 3 is 2.83 bits per heavy atom. The van der Waals surface area contributed by atoms with Gasteiger partial charge in [0.1, 0.15) is 0 Å². The van der Waals surface area contributed by atoms with Gasteiger partial charge in [0.2, 0.25) is 0 Å². The fourth-order valence-electron chi connectivity index (χ4n) is 1.70. The standard InChI is InChI=1S/C13H10N4O/c18-13-16-11-7-4-8-14-12(11)17(13)15-9-10-5-2-1-3-6-10/h1-9H,(H,16,18)/b15-9+. The predicted octanol–water partition coefficient (Wildman–Crippen LogP) is 1.61. The molecule has 3 rings (SSSR count). The van der Waals surface area contributed by atoms with E-state index in [1.807, 2.05) is 30.3 Å². The Hall–Kier alpha value is -2.69. The van der Waals surface area contributed by atoms with E-state index in [9.17, 15) is 4.79 Å². The zero-order chi connectivity index (χ0) is 12.4. The quantitative estimate of drug-likeness (QED) is 0.689. The Labute approximate surface area is 102 Å². The summed E-state index contributed by atoms with van der Waals surface area (Å²) in [4.78, 5) is 18.5. The highest BCUT2D eigenvalue weighted by molar-refractivity contribution is 5.80. The van der Waals surface area contributed by atoms with Gasteiger partial charge in [-0.25, -0.2) is 9.78 Å². The second kappa shape index (κ2) is 4.29. The second-order valence-electron chi connectivity index (χ2n) is 3.77. The number of hydrogen-bond donors (Lipinski definition) is 1. The van der Waals surface area contributed by atoms with Gasteiger partial charge in [0.25, 0.3) is 0 Å². The molecule has 0 saturated carbocycles. The molecule has 0 unspecified atom stereocenters. The third kappa shape index (κ3) is 1.82. The number of rotatable bonds is 2. The number of hydrogen-bond acceptors (Lipinski definition) is 3. The van der Waals surface area contributed by atoms with E-state index in [0.717, 1.165) is 5.56 Å². The van der Waals surface area contributed by atoms with Gasteiger partial charge in [-0.2, -0.15) is 9.78 Å². The molecule has 5 heteroatoms. The zero-order valence-electron chi connectivity index (χ0n) is 9.45. The molecule has 1 aromatic carbocycles. The van der Waals surface area contributed by atoms with Crippen LogP contribution in [0.25, 0.3) is 11.2 Å². The Morgan fingerprint density at radius 1 is 1.17 bits per heavy atom. The monoisotopic (exact) mass is 238 g/mol. The minimum atomic E-state index is -0.295. The lowest BCUT2D eigenvalue weighted by Crippen LogP contribution is -2.12. The molecule has 1 N–H and O–H groups in total. The van der Waals surface area contributed by atoms with Crippen molar-refractivity contribution in [3.63, 3.8) is 0 Å². The first-order chi connectivity index (χ1) is 8.84. The summed E-state index contributed by atoms with van der Waals surface area (Å²) in [5.41, 5.74) is 1.83. The minimum Gasteiger partial charge on any atom is -0.303 e. The first kappa shape index (κ1) is 10.5. The molecule has 0 spiro atoms. The fourth-order valence-corrected chi connectivity index (χ4v) is 1.70. The number of aromatic amines is 1. The predicted molar refractivity (Wildman–Crippen MR) is 69.8 cm³/mol. The van der Waals surface area contributed by atoms with Crippen LogP contribution in [0.1, 0.15) is 5.56 Å². The van der Waals surface area contributed by atoms with Crippen LogP contribution < -0.4 is 5.69 Å². The lowest BCUT2D eigenvalue weighted by atomic mass is 10.2. The SMILES string of the molecule is O=c1[nH]c2cccnc2n1/N=C/c1ccccc1. The van der Waals surface area contributed by atoms with Crippen molar-refractivity contribution >= 4 is 17.4 Å². The minimum absolute atomic E-state index is 0.295. The highest BCUT2D eigenvalue weighted by atomic mass is 16.2. The smallest absolute Gasteiger partial charge is 0.303 e. The molecule has 0 fully saturated rings. The van der Waals surface area contributed by atoms with E-state index in [1.165, 1.54) is 4.68 Å². The summed E-state index contributed by atoms with van der Waals surface area (Å²) >= 11 is 0. The highest BCUT2D eigenvalue weighted by Crippen LogP contribution is 2.05. The summed E-state index contributed by atoms with van der Waals surface area (Å²) in [6.45, 7) is 0. The Balaban J connectivity index is 2.08. The molecule has 0 amide bonds. The summed E-state index contributed by atoms with van der Waals surface area (Å²) in [5, 5.41) is 4.15. The van der Waals surface area contributed by atoms with Crippen LogP contribution in [0.15, 0.2) is 58.6 Å². The first-order valence-electron chi connectivity index (χ1n) is 5.50. The molecule has 0 bridgehead atoms. The lowest BCUT2D eigenvalue weighted by Gasteiger charge is -1.93. The molecule has 0 aliphatic rings. The van der Waals surface area contributed by atoms with Crippen LogP contribution >= 0.6 is 0 Å². The largest absolute Gasteiger partial charge is 0.348 e. The van der Waals surface area contributed by atoms with Crippen LogP contribution in [0.2, 0.25) is 0 Å². The van der Waals surface area contributed by atoms with Crippen molar-refractivity contribution in [2.45, 2.75) is 0 Å². The maximum atomic E-state index is 11.7. The normalized spacial score (nSPS) is 11.3. The number of fused-ring (bicyclic) bond motifs is 1. The van der Waals surface area contributed by atoms with E-state index < -0.39 is 0 Å². The third-order valence-corrected chi connectivity index (χ3v) is 2.54. The number of H-pyrrole nitrogens is 1. The molecule has 0 aliphatic heterocycles. The average Bonchev–Trinajstić information content (AvgIpc) is 2.73. The maximum Gasteiger partial charge on any atom is 0.348 e. The van der Waals surface area contributed by atoms with Crippen molar-refractivity contribution in [1.29, 1.82) is 0 Å². The van der Waals surface area contributed by atoms with Crippen LogP contribution in [0.3, 0.4) is 0 Å². The van der Waals surface area contributed by atoms with Gasteiger partial charge in [0.05, 0.1) is 11.7 Å². The van der Waals surface area contributed by atoms with E-state index >= 15 is 0 Å². The van der Waals surface area contributed by atoms with Gasteiger partial charge < -0.3 is 4.98 Å². The third-order valence-electron chi connectivity index (χ3n) is 2.54. The average molecular weight is 238 g/mol. The number of pyridine rings is 1. The summed E-state index contributed by atoms with van der Waals surface area (Å²) in [6, 6.07) is 13.1. The van der Waals surface area contributed by atoms with Crippen molar-refractivity contribution in [1.82, 2.24) is 14.6 Å². The molecule has 88 valence electrons.